The van der Waals surface area contributed by atoms with E-state index in [1.807, 2.05) is 34.6 Å². The van der Waals surface area contributed by atoms with Gasteiger partial charge in [-0.15, -0.1) is 0 Å². The summed E-state index contributed by atoms with van der Waals surface area (Å²) in [5.74, 6) is 0.0331. The summed E-state index contributed by atoms with van der Waals surface area (Å²) in [5.41, 5.74) is -0.467. The van der Waals surface area contributed by atoms with Gasteiger partial charge in [0.05, 0.1) is 6.54 Å². The molecule has 6 nitrogen and oxygen atoms in total. The minimum absolute atomic E-state index is 0.0331. The highest BCUT2D eigenvalue weighted by atomic mass is 16.6. The Hall–Kier alpha value is -1.30. The molecule has 0 aromatic carbocycles. The first-order valence-electron chi connectivity index (χ1n) is 7.17. The molecule has 0 aromatic heterocycles. The van der Waals surface area contributed by atoms with Crippen LogP contribution in [-0.4, -0.2) is 66.2 Å². The van der Waals surface area contributed by atoms with E-state index in [9.17, 15) is 9.59 Å². The van der Waals surface area contributed by atoms with E-state index in [-0.39, 0.29) is 18.0 Å². The third kappa shape index (κ3) is 6.23. The van der Waals surface area contributed by atoms with Crippen LogP contribution < -0.4 is 5.32 Å². The average Bonchev–Trinajstić information content (AvgIpc) is 2.26. The van der Waals surface area contributed by atoms with Gasteiger partial charge in [-0.25, -0.2) is 4.79 Å². The van der Waals surface area contributed by atoms with Crippen molar-refractivity contribution in [1.82, 2.24) is 15.1 Å². The van der Waals surface area contributed by atoms with Gasteiger partial charge < -0.3 is 15.0 Å². The van der Waals surface area contributed by atoms with E-state index in [2.05, 4.69) is 10.2 Å². The van der Waals surface area contributed by atoms with E-state index in [1.54, 1.807) is 4.90 Å². The van der Waals surface area contributed by atoms with Crippen LogP contribution in [0.15, 0.2) is 0 Å². The van der Waals surface area contributed by atoms with E-state index >= 15 is 0 Å². The number of carbonyl (C=O) groups is 2. The van der Waals surface area contributed by atoms with Crippen molar-refractivity contribution < 1.29 is 14.3 Å². The van der Waals surface area contributed by atoms with Crippen molar-refractivity contribution in [2.24, 2.45) is 0 Å². The molecule has 0 bridgehead atoms. The number of rotatable bonds is 3. The molecular weight excluding hydrogens is 258 g/mol. The highest BCUT2D eigenvalue weighted by Gasteiger charge is 2.26. The predicted molar refractivity (Wildman–Crippen MR) is 77.5 cm³/mol. The Morgan fingerprint density at radius 2 is 1.70 bits per heavy atom. The molecule has 116 valence electrons. The van der Waals surface area contributed by atoms with E-state index in [1.165, 1.54) is 0 Å². The second-order valence-corrected chi connectivity index (χ2v) is 6.47. The van der Waals surface area contributed by atoms with Gasteiger partial charge >= 0.3 is 6.09 Å². The molecule has 1 fully saturated rings. The van der Waals surface area contributed by atoms with Gasteiger partial charge in [0.1, 0.15) is 5.60 Å². The highest BCUT2D eigenvalue weighted by molar-refractivity contribution is 5.78. The van der Waals surface area contributed by atoms with Crippen molar-refractivity contribution in [2.75, 3.05) is 32.7 Å². The fourth-order valence-electron chi connectivity index (χ4n) is 1.99. The Kier molecular flexibility index (Phi) is 5.80. The number of ether oxygens (including phenoxy) is 1. The minimum Gasteiger partial charge on any atom is -0.444 e. The number of amides is 2. The van der Waals surface area contributed by atoms with Crippen LogP contribution in [0.2, 0.25) is 0 Å². The lowest BCUT2D eigenvalue weighted by Crippen LogP contribution is -2.52. The Balaban J connectivity index is 2.33. The fourth-order valence-corrected chi connectivity index (χ4v) is 1.99. The summed E-state index contributed by atoms with van der Waals surface area (Å²) >= 11 is 0. The molecule has 1 rings (SSSR count). The molecule has 0 aliphatic carbocycles. The van der Waals surface area contributed by atoms with Crippen LogP contribution in [0.4, 0.5) is 4.79 Å². The normalized spacial score (nSPS) is 17.2. The summed E-state index contributed by atoms with van der Waals surface area (Å²) in [7, 11) is 0. The zero-order valence-corrected chi connectivity index (χ0v) is 13.2. The van der Waals surface area contributed by atoms with Gasteiger partial charge in [-0.05, 0) is 34.6 Å². The predicted octanol–water partition coefficient (Wildman–Crippen LogP) is 1.06. The Morgan fingerprint density at radius 3 is 2.15 bits per heavy atom. The number of hydrogen-bond donors (Lipinski definition) is 1. The van der Waals surface area contributed by atoms with E-state index in [0.717, 1.165) is 0 Å². The number of piperazine rings is 1. The Morgan fingerprint density at radius 1 is 1.15 bits per heavy atom. The Labute approximate surface area is 121 Å². The fraction of sp³-hybridized carbons (Fsp3) is 0.857. The van der Waals surface area contributed by atoms with Crippen LogP contribution in [0, 0.1) is 0 Å². The molecule has 0 saturated carbocycles. The lowest BCUT2D eigenvalue weighted by Gasteiger charge is -2.35. The first-order valence-corrected chi connectivity index (χ1v) is 7.17. The lowest BCUT2D eigenvalue weighted by atomic mass is 10.2. The first-order chi connectivity index (χ1) is 9.17. The maximum atomic E-state index is 11.9. The van der Waals surface area contributed by atoms with Crippen molar-refractivity contribution in [3.63, 3.8) is 0 Å². The van der Waals surface area contributed by atoms with Crippen molar-refractivity contribution >= 4 is 12.0 Å². The zero-order chi connectivity index (χ0) is 15.3. The largest absolute Gasteiger partial charge is 0.444 e. The molecule has 1 aliphatic heterocycles. The smallest absolute Gasteiger partial charge is 0.410 e. The zero-order valence-electron chi connectivity index (χ0n) is 13.2. The second kappa shape index (κ2) is 6.92. The lowest BCUT2D eigenvalue weighted by molar-refractivity contribution is -0.123. The molecule has 0 radical (unpaired) electrons. The summed E-state index contributed by atoms with van der Waals surface area (Å²) in [6.45, 7) is 12.5. The van der Waals surface area contributed by atoms with Crippen molar-refractivity contribution in [2.45, 2.75) is 46.3 Å². The molecule has 0 unspecified atom stereocenters. The number of nitrogens with zero attached hydrogens (tertiary/aromatic N) is 2. The maximum Gasteiger partial charge on any atom is 0.410 e. The number of nitrogens with one attached hydrogen (secondary N) is 1. The first kappa shape index (κ1) is 16.8. The van der Waals surface area contributed by atoms with Crippen LogP contribution in [0.25, 0.3) is 0 Å². The van der Waals surface area contributed by atoms with Crippen LogP contribution in [0.3, 0.4) is 0 Å². The average molecular weight is 285 g/mol. The van der Waals surface area contributed by atoms with Crippen molar-refractivity contribution in [1.29, 1.82) is 0 Å². The quantitative estimate of drug-likeness (QED) is 0.842. The van der Waals surface area contributed by atoms with E-state index in [0.29, 0.717) is 32.7 Å². The molecule has 1 aliphatic rings. The van der Waals surface area contributed by atoms with Gasteiger partial charge in [0.25, 0.3) is 0 Å². The summed E-state index contributed by atoms with van der Waals surface area (Å²) in [4.78, 5) is 27.3. The van der Waals surface area contributed by atoms with Gasteiger partial charge in [-0.3, -0.25) is 9.69 Å². The summed E-state index contributed by atoms with van der Waals surface area (Å²) in [6, 6.07) is 0.158. The topological polar surface area (TPSA) is 61.9 Å². The van der Waals surface area contributed by atoms with Crippen LogP contribution in [-0.2, 0) is 9.53 Å². The summed E-state index contributed by atoms with van der Waals surface area (Å²) < 4.78 is 5.34. The monoisotopic (exact) mass is 285 g/mol. The van der Waals surface area contributed by atoms with Crippen LogP contribution >= 0.6 is 0 Å². The molecule has 1 N–H and O–H groups in total. The molecule has 20 heavy (non-hydrogen) atoms. The standard InChI is InChI=1S/C14H27N3O3/c1-11(2)15-12(18)10-16-6-8-17(9-7-16)13(19)20-14(3,4)5/h11H,6-10H2,1-5H3,(H,15,18). The SMILES string of the molecule is CC(C)NC(=O)CN1CCN(C(=O)OC(C)(C)C)CC1. The third-order valence-corrected chi connectivity index (χ3v) is 2.84. The molecule has 0 aromatic rings. The number of hydrogen-bond acceptors (Lipinski definition) is 4. The molecule has 6 heteroatoms. The van der Waals surface area contributed by atoms with Crippen molar-refractivity contribution in [3.8, 4) is 0 Å². The third-order valence-electron chi connectivity index (χ3n) is 2.84. The number of carbonyl (C=O) groups excluding carboxylic acids is 2. The molecule has 0 atom stereocenters. The van der Waals surface area contributed by atoms with Gasteiger partial charge in [0.2, 0.25) is 5.91 Å². The molecule has 1 heterocycles. The molecule has 0 spiro atoms. The minimum atomic E-state index is -0.467. The van der Waals surface area contributed by atoms with E-state index < -0.39 is 5.60 Å². The highest BCUT2D eigenvalue weighted by Crippen LogP contribution is 2.11. The summed E-state index contributed by atoms with van der Waals surface area (Å²) in [6.07, 6.45) is -0.274. The van der Waals surface area contributed by atoms with Gasteiger partial charge in [0.15, 0.2) is 0 Å². The van der Waals surface area contributed by atoms with Gasteiger partial charge in [-0.1, -0.05) is 0 Å². The molecule has 1 saturated heterocycles. The maximum absolute atomic E-state index is 11.9. The second-order valence-electron chi connectivity index (χ2n) is 6.47. The van der Waals surface area contributed by atoms with Gasteiger partial charge in [-0.2, -0.15) is 0 Å². The summed E-state index contributed by atoms with van der Waals surface area (Å²) in [5, 5.41) is 2.87. The Bertz CT molecular complexity index is 342. The van der Waals surface area contributed by atoms with Gasteiger partial charge in [0, 0.05) is 32.2 Å². The van der Waals surface area contributed by atoms with Crippen LogP contribution in [0.1, 0.15) is 34.6 Å². The molecular formula is C14H27N3O3. The van der Waals surface area contributed by atoms with Crippen LogP contribution in [0.5, 0.6) is 0 Å². The molecule has 2 amide bonds. The van der Waals surface area contributed by atoms with E-state index in [4.69, 9.17) is 4.74 Å². The van der Waals surface area contributed by atoms with Crippen molar-refractivity contribution in [3.05, 3.63) is 0 Å².